The van der Waals surface area contributed by atoms with Crippen molar-refractivity contribution in [3.05, 3.63) is 100 Å². The van der Waals surface area contributed by atoms with Crippen molar-refractivity contribution in [2.75, 3.05) is 7.05 Å². The lowest BCUT2D eigenvalue weighted by molar-refractivity contribution is 0.264. The molecule has 0 saturated heterocycles. The predicted octanol–water partition coefficient (Wildman–Crippen LogP) is 5.23. The average molecular weight is 359 g/mol. The summed E-state index contributed by atoms with van der Waals surface area (Å²) in [5.41, 5.74) is 2.15. The van der Waals surface area contributed by atoms with E-state index in [-0.39, 0.29) is 0 Å². The highest BCUT2D eigenvalue weighted by atomic mass is 35.5. The van der Waals surface area contributed by atoms with Gasteiger partial charge in [0, 0.05) is 35.6 Å². The van der Waals surface area contributed by atoms with Crippen LogP contribution in [-0.2, 0) is 6.54 Å². The molecule has 5 heteroatoms. The minimum atomic E-state index is -0.597. The van der Waals surface area contributed by atoms with Crippen LogP contribution in [0.15, 0.2) is 67.0 Å². The molecule has 1 aromatic heterocycles. The van der Waals surface area contributed by atoms with Crippen LogP contribution in [0.5, 0.6) is 0 Å². The Bertz CT molecular complexity index is 855. The van der Waals surface area contributed by atoms with Gasteiger partial charge in [-0.1, -0.05) is 41.9 Å². The summed E-state index contributed by atoms with van der Waals surface area (Å²) in [4.78, 5) is 6.10. The second-order valence-electron chi connectivity index (χ2n) is 5.86. The van der Waals surface area contributed by atoms with Crippen molar-refractivity contribution in [2.45, 2.75) is 12.6 Å². The fourth-order valence-electron chi connectivity index (χ4n) is 2.92. The fourth-order valence-corrected chi connectivity index (χ4v) is 3.11. The highest BCUT2D eigenvalue weighted by Crippen LogP contribution is 2.31. The highest BCUT2D eigenvalue weighted by Gasteiger charge is 2.23. The van der Waals surface area contributed by atoms with Gasteiger partial charge in [0.25, 0.3) is 0 Å². The molecular formula is C20H17ClF2N2. The Hall–Kier alpha value is -2.30. The summed E-state index contributed by atoms with van der Waals surface area (Å²) in [5, 5.41) is 0.652. The SMILES string of the molecule is CN(Cc1ccccc1Cl)C(c1cccnc1)c1ccc(F)cc1F. The second kappa shape index (κ2) is 7.72. The number of rotatable bonds is 5. The molecule has 0 spiro atoms. The number of nitrogens with zero attached hydrogens (tertiary/aromatic N) is 2. The molecule has 3 aromatic rings. The van der Waals surface area contributed by atoms with Crippen LogP contribution >= 0.6 is 11.6 Å². The molecule has 2 nitrogen and oxygen atoms in total. The summed E-state index contributed by atoms with van der Waals surface area (Å²) in [6.07, 6.45) is 3.35. The Morgan fingerprint density at radius 1 is 1.08 bits per heavy atom. The molecule has 0 radical (unpaired) electrons. The number of hydrogen-bond donors (Lipinski definition) is 0. The molecule has 1 atom stereocenters. The molecule has 0 amide bonds. The minimum Gasteiger partial charge on any atom is -0.291 e. The van der Waals surface area contributed by atoms with Crippen LogP contribution in [0.4, 0.5) is 8.78 Å². The Kier molecular flexibility index (Phi) is 5.41. The van der Waals surface area contributed by atoms with Gasteiger partial charge in [-0.3, -0.25) is 9.88 Å². The van der Waals surface area contributed by atoms with E-state index in [9.17, 15) is 8.78 Å². The standard InChI is InChI=1S/C20H17ClF2N2/c1-25(13-15-5-2-3-7-18(15)21)20(14-6-4-10-24-12-14)17-9-8-16(22)11-19(17)23/h2-12,20H,13H2,1H3. The van der Waals surface area contributed by atoms with E-state index in [1.165, 1.54) is 12.1 Å². The number of halogens is 3. The lowest BCUT2D eigenvalue weighted by Gasteiger charge is -2.29. The Morgan fingerprint density at radius 3 is 2.56 bits per heavy atom. The number of pyridine rings is 1. The molecule has 0 N–H and O–H groups in total. The largest absolute Gasteiger partial charge is 0.291 e. The zero-order valence-corrected chi connectivity index (χ0v) is 14.4. The molecule has 0 aliphatic heterocycles. The summed E-state index contributed by atoms with van der Waals surface area (Å²) >= 11 is 6.25. The summed E-state index contributed by atoms with van der Waals surface area (Å²) in [6.45, 7) is 0.510. The Labute approximate surface area is 150 Å². The molecule has 3 rings (SSSR count). The van der Waals surface area contributed by atoms with E-state index in [0.717, 1.165) is 17.2 Å². The van der Waals surface area contributed by atoms with Crippen molar-refractivity contribution in [3.63, 3.8) is 0 Å². The quantitative estimate of drug-likeness (QED) is 0.620. The van der Waals surface area contributed by atoms with Crippen molar-refractivity contribution in [3.8, 4) is 0 Å². The third-order valence-corrected chi connectivity index (χ3v) is 4.44. The minimum absolute atomic E-state index is 0.393. The first kappa shape index (κ1) is 17.5. The van der Waals surface area contributed by atoms with E-state index in [1.807, 2.05) is 42.3 Å². The van der Waals surface area contributed by atoms with Crippen LogP contribution in [0.3, 0.4) is 0 Å². The van der Waals surface area contributed by atoms with E-state index in [0.29, 0.717) is 17.1 Å². The zero-order valence-electron chi connectivity index (χ0n) is 13.7. The normalized spacial score (nSPS) is 12.4. The summed E-state index contributed by atoms with van der Waals surface area (Å²) in [7, 11) is 1.88. The molecule has 25 heavy (non-hydrogen) atoms. The van der Waals surface area contributed by atoms with E-state index >= 15 is 0 Å². The van der Waals surface area contributed by atoms with Crippen molar-refractivity contribution < 1.29 is 8.78 Å². The van der Waals surface area contributed by atoms with Gasteiger partial charge in [-0.25, -0.2) is 8.78 Å². The summed E-state index contributed by atoms with van der Waals surface area (Å²) in [6, 6.07) is 14.4. The number of hydrogen-bond acceptors (Lipinski definition) is 2. The van der Waals surface area contributed by atoms with Crippen LogP contribution in [0.25, 0.3) is 0 Å². The maximum absolute atomic E-state index is 14.5. The van der Waals surface area contributed by atoms with Crippen LogP contribution < -0.4 is 0 Å². The van der Waals surface area contributed by atoms with Crippen LogP contribution in [-0.4, -0.2) is 16.9 Å². The lowest BCUT2D eigenvalue weighted by Crippen LogP contribution is -2.26. The van der Waals surface area contributed by atoms with Gasteiger partial charge in [-0.2, -0.15) is 0 Å². The van der Waals surface area contributed by atoms with Gasteiger partial charge in [-0.05, 0) is 36.4 Å². The highest BCUT2D eigenvalue weighted by molar-refractivity contribution is 6.31. The van der Waals surface area contributed by atoms with Crippen molar-refractivity contribution in [2.24, 2.45) is 0 Å². The summed E-state index contributed by atoms with van der Waals surface area (Å²) < 4.78 is 27.8. The maximum atomic E-state index is 14.5. The second-order valence-corrected chi connectivity index (χ2v) is 6.27. The summed E-state index contributed by atoms with van der Waals surface area (Å²) in [5.74, 6) is -1.18. The van der Waals surface area contributed by atoms with Crippen molar-refractivity contribution in [1.82, 2.24) is 9.88 Å². The fraction of sp³-hybridized carbons (Fsp3) is 0.150. The molecular weight excluding hydrogens is 342 g/mol. The Morgan fingerprint density at radius 2 is 1.88 bits per heavy atom. The number of benzene rings is 2. The topological polar surface area (TPSA) is 16.1 Å². The molecule has 128 valence electrons. The van der Waals surface area contributed by atoms with Crippen molar-refractivity contribution in [1.29, 1.82) is 0 Å². The maximum Gasteiger partial charge on any atom is 0.131 e. The van der Waals surface area contributed by atoms with E-state index < -0.39 is 17.7 Å². The zero-order chi connectivity index (χ0) is 17.8. The first-order valence-corrected chi connectivity index (χ1v) is 8.22. The van der Waals surface area contributed by atoms with Gasteiger partial charge in [0.15, 0.2) is 0 Å². The molecule has 0 aliphatic rings. The van der Waals surface area contributed by atoms with E-state index in [4.69, 9.17) is 11.6 Å². The molecule has 0 bridgehead atoms. The van der Waals surface area contributed by atoms with Gasteiger partial charge in [-0.15, -0.1) is 0 Å². The van der Waals surface area contributed by atoms with Gasteiger partial charge >= 0.3 is 0 Å². The van der Waals surface area contributed by atoms with Crippen molar-refractivity contribution >= 4 is 11.6 Å². The van der Waals surface area contributed by atoms with E-state index in [1.54, 1.807) is 18.5 Å². The third kappa shape index (κ3) is 4.03. The molecule has 0 aliphatic carbocycles. The first-order chi connectivity index (χ1) is 12.1. The van der Waals surface area contributed by atoms with Crippen LogP contribution in [0.2, 0.25) is 5.02 Å². The average Bonchev–Trinajstić information content (AvgIpc) is 2.60. The lowest BCUT2D eigenvalue weighted by atomic mass is 9.97. The molecule has 0 fully saturated rings. The van der Waals surface area contributed by atoms with Gasteiger partial charge in [0.05, 0.1) is 6.04 Å². The molecule has 1 unspecified atom stereocenters. The van der Waals surface area contributed by atoms with E-state index in [2.05, 4.69) is 4.98 Å². The predicted molar refractivity (Wildman–Crippen MR) is 95.4 cm³/mol. The first-order valence-electron chi connectivity index (χ1n) is 7.85. The van der Waals surface area contributed by atoms with Crippen LogP contribution in [0, 0.1) is 11.6 Å². The molecule has 2 aromatic carbocycles. The van der Waals surface area contributed by atoms with Gasteiger partial charge in [0.1, 0.15) is 11.6 Å². The smallest absolute Gasteiger partial charge is 0.131 e. The molecule has 1 heterocycles. The molecule has 0 saturated carbocycles. The Balaban J connectivity index is 2.01. The van der Waals surface area contributed by atoms with Crippen LogP contribution in [0.1, 0.15) is 22.7 Å². The van der Waals surface area contributed by atoms with Gasteiger partial charge < -0.3 is 0 Å². The third-order valence-electron chi connectivity index (χ3n) is 4.08. The number of aromatic nitrogens is 1. The monoisotopic (exact) mass is 358 g/mol. The van der Waals surface area contributed by atoms with Gasteiger partial charge in [0.2, 0.25) is 0 Å².